The van der Waals surface area contributed by atoms with Gasteiger partial charge in [0, 0.05) is 12.6 Å². The summed E-state index contributed by atoms with van der Waals surface area (Å²) in [5.74, 6) is -1.62. The minimum Gasteiger partial charge on any atom is -0.391 e. The van der Waals surface area contributed by atoms with E-state index in [1.807, 2.05) is 6.92 Å². The highest BCUT2D eigenvalue weighted by molar-refractivity contribution is 5.44. The van der Waals surface area contributed by atoms with Crippen molar-refractivity contribution in [1.82, 2.24) is 9.97 Å². The maximum Gasteiger partial charge on any atom is 0.451 e. The van der Waals surface area contributed by atoms with Crippen LogP contribution in [0.2, 0.25) is 0 Å². The van der Waals surface area contributed by atoms with Gasteiger partial charge in [0.05, 0.1) is 6.10 Å². The molecule has 0 aliphatic carbocycles. The van der Waals surface area contributed by atoms with Gasteiger partial charge in [0.15, 0.2) is 0 Å². The first-order chi connectivity index (χ1) is 8.32. The fourth-order valence-corrected chi connectivity index (χ4v) is 1.34. The number of aliphatic hydroxyl groups excluding tert-OH is 1. The van der Waals surface area contributed by atoms with E-state index in [0.29, 0.717) is 6.42 Å². The average molecular weight is 264 g/mol. The van der Waals surface area contributed by atoms with E-state index in [4.69, 9.17) is 5.73 Å². The van der Waals surface area contributed by atoms with Gasteiger partial charge in [0.2, 0.25) is 5.82 Å². The van der Waals surface area contributed by atoms with Gasteiger partial charge in [0.1, 0.15) is 11.6 Å². The molecule has 0 spiro atoms. The number of rotatable bonds is 5. The number of nitrogens with two attached hydrogens (primary N) is 1. The number of aliphatic hydroxyl groups is 1. The largest absolute Gasteiger partial charge is 0.451 e. The second-order valence-electron chi connectivity index (χ2n) is 3.82. The van der Waals surface area contributed by atoms with Crippen LogP contribution in [0.5, 0.6) is 0 Å². The van der Waals surface area contributed by atoms with E-state index < -0.39 is 18.1 Å². The quantitative estimate of drug-likeness (QED) is 0.753. The molecule has 0 bridgehead atoms. The zero-order valence-corrected chi connectivity index (χ0v) is 9.83. The van der Waals surface area contributed by atoms with E-state index in [0.717, 1.165) is 6.42 Å². The van der Waals surface area contributed by atoms with Gasteiger partial charge in [-0.25, -0.2) is 9.97 Å². The number of hydrogen-bond donors (Lipinski definition) is 3. The van der Waals surface area contributed by atoms with Crippen LogP contribution in [0, 0.1) is 0 Å². The molecule has 0 saturated carbocycles. The van der Waals surface area contributed by atoms with Gasteiger partial charge in [-0.15, -0.1) is 0 Å². The molecule has 4 N–H and O–H groups in total. The zero-order valence-electron chi connectivity index (χ0n) is 9.83. The van der Waals surface area contributed by atoms with Crippen LogP contribution in [0.4, 0.5) is 24.8 Å². The van der Waals surface area contributed by atoms with Crippen molar-refractivity contribution in [3.05, 3.63) is 11.9 Å². The molecule has 1 aromatic heterocycles. The van der Waals surface area contributed by atoms with Crippen molar-refractivity contribution in [3.63, 3.8) is 0 Å². The van der Waals surface area contributed by atoms with E-state index in [-0.39, 0.29) is 18.2 Å². The molecular weight excluding hydrogens is 249 g/mol. The van der Waals surface area contributed by atoms with Gasteiger partial charge >= 0.3 is 6.18 Å². The summed E-state index contributed by atoms with van der Waals surface area (Å²) < 4.78 is 37.2. The summed E-state index contributed by atoms with van der Waals surface area (Å²) in [5.41, 5.74) is 5.27. The van der Waals surface area contributed by atoms with Crippen molar-refractivity contribution >= 4 is 11.6 Å². The lowest BCUT2D eigenvalue weighted by atomic mass is 10.2. The Bertz CT molecular complexity index is 397. The normalized spacial score (nSPS) is 13.4. The number of nitrogens with one attached hydrogen (secondary N) is 1. The molecule has 102 valence electrons. The van der Waals surface area contributed by atoms with Crippen molar-refractivity contribution in [1.29, 1.82) is 0 Å². The molecule has 1 heterocycles. The molecule has 1 unspecified atom stereocenters. The summed E-state index contributed by atoms with van der Waals surface area (Å²) in [6.07, 6.45) is -3.95. The molecule has 1 rings (SSSR count). The topological polar surface area (TPSA) is 84.1 Å². The minimum atomic E-state index is -4.64. The number of nitrogen functional groups attached to an aromatic ring is 1. The monoisotopic (exact) mass is 264 g/mol. The highest BCUT2D eigenvalue weighted by Crippen LogP contribution is 2.27. The lowest BCUT2D eigenvalue weighted by Crippen LogP contribution is -2.21. The predicted octanol–water partition coefficient (Wildman–Crippen LogP) is 1.65. The molecule has 1 aromatic rings. The first-order valence-electron chi connectivity index (χ1n) is 5.46. The zero-order chi connectivity index (χ0) is 13.8. The highest BCUT2D eigenvalue weighted by Gasteiger charge is 2.35. The van der Waals surface area contributed by atoms with Crippen LogP contribution in [0.15, 0.2) is 6.07 Å². The molecule has 18 heavy (non-hydrogen) atoms. The lowest BCUT2D eigenvalue weighted by molar-refractivity contribution is -0.144. The van der Waals surface area contributed by atoms with Crippen LogP contribution >= 0.6 is 0 Å². The van der Waals surface area contributed by atoms with Crippen molar-refractivity contribution in [3.8, 4) is 0 Å². The van der Waals surface area contributed by atoms with Crippen LogP contribution in [0.1, 0.15) is 25.6 Å². The smallest absolute Gasteiger partial charge is 0.391 e. The van der Waals surface area contributed by atoms with Gasteiger partial charge in [-0.3, -0.25) is 0 Å². The maximum absolute atomic E-state index is 12.4. The third-order valence-electron chi connectivity index (χ3n) is 2.14. The molecule has 1 atom stereocenters. The highest BCUT2D eigenvalue weighted by atomic mass is 19.4. The van der Waals surface area contributed by atoms with Crippen molar-refractivity contribution in [2.24, 2.45) is 0 Å². The summed E-state index contributed by atoms with van der Waals surface area (Å²) in [5, 5.41) is 12.1. The molecule has 0 aromatic carbocycles. The Morgan fingerprint density at radius 3 is 2.67 bits per heavy atom. The lowest BCUT2D eigenvalue weighted by Gasteiger charge is -2.13. The van der Waals surface area contributed by atoms with Crippen LogP contribution in [0.25, 0.3) is 0 Å². The number of aromatic nitrogens is 2. The molecule has 0 aliphatic rings. The van der Waals surface area contributed by atoms with Gasteiger partial charge in [0.25, 0.3) is 0 Å². The molecule has 5 nitrogen and oxygen atoms in total. The van der Waals surface area contributed by atoms with E-state index in [1.54, 1.807) is 0 Å². The first-order valence-corrected chi connectivity index (χ1v) is 5.46. The Labute approximate surface area is 102 Å². The molecule has 8 heteroatoms. The van der Waals surface area contributed by atoms with Gasteiger partial charge < -0.3 is 16.2 Å². The number of anilines is 2. The van der Waals surface area contributed by atoms with Crippen molar-refractivity contribution in [2.45, 2.75) is 32.0 Å². The minimum absolute atomic E-state index is 0.0509. The van der Waals surface area contributed by atoms with E-state index >= 15 is 0 Å². The third kappa shape index (κ3) is 4.36. The maximum atomic E-state index is 12.4. The van der Waals surface area contributed by atoms with Gasteiger partial charge in [-0.05, 0) is 6.42 Å². The SMILES string of the molecule is CCCC(O)CNc1cc(N)nc(C(F)(F)F)n1. The molecule has 0 radical (unpaired) electrons. The van der Waals surface area contributed by atoms with E-state index in [1.165, 1.54) is 6.07 Å². The number of alkyl halides is 3. The summed E-state index contributed by atoms with van der Waals surface area (Å²) >= 11 is 0. The first kappa shape index (κ1) is 14.5. The van der Waals surface area contributed by atoms with Crippen LogP contribution in [-0.4, -0.2) is 27.7 Å². The fourth-order valence-electron chi connectivity index (χ4n) is 1.34. The standard InChI is InChI=1S/C10H15F3N4O/c1-2-3-6(18)5-15-8-4-7(14)16-9(17-8)10(11,12)13/h4,6,18H,2-3,5H2,1H3,(H3,14,15,16,17). The van der Waals surface area contributed by atoms with Crippen molar-refractivity contribution < 1.29 is 18.3 Å². The molecule has 0 saturated heterocycles. The van der Waals surface area contributed by atoms with Crippen LogP contribution in [0.3, 0.4) is 0 Å². The van der Waals surface area contributed by atoms with Gasteiger partial charge in [-0.1, -0.05) is 13.3 Å². The average Bonchev–Trinajstić information content (AvgIpc) is 2.25. The number of halogens is 3. The summed E-state index contributed by atoms with van der Waals surface area (Å²) in [6.45, 7) is 2.01. The Kier molecular flexibility index (Phi) is 4.71. The summed E-state index contributed by atoms with van der Waals surface area (Å²) in [4.78, 5) is 6.41. The molecule has 0 fully saturated rings. The molecular formula is C10H15F3N4O. The fraction of sp³-hybridized carbons (Fsp3) is 0.600. The van der Waals surface area contributed by atoms with E-state index in [9.17, 15) is 18.3 Å². The molecule has 0 aliphatic heterocycles. The van der Waals surface area contributed by atoms with Gasteiger partial charge in [-0.2, -0.15) is 13.2 Å². The number of hydrogen-bond acceptors (Lipinski definition) is 5. The second kappa shape index (κ2) is 5.85. The summed E-state index contributed by atoms with van der Waals surface area (Å²) in [7, 11) is 0. The Morgan fingerprint density at radius 1 is 1.44 bits per heavy atom. The van der Waals surface area contributed by atoms with Crippen molar-refractivity contribution in [2.75, 3.05) is 17.6 Å². The second-order valence-corrected chi connectivity index (χ2v) is 3.82. The van der Waals surface area contributed by atoms with Crippen LogP contribution in [-0.2, 0) is 6.18 Å². The van der Waals surface area contributed by atoms with Crippen LogP contribution < -0.4 is 11.1 Å². The van der Waals surface area contributed by atoms with E-state index in [2.05, 4.69) is 15.3 Å². The Hall–Kier alpha value is -1.57. The Morgan fingerprint density at radius 2 is 2.11 bits per heavy atom. The predicted molar refractivity (Wildman–Crippen MR) is 60.9 cm³/mol. The molecule has 0 amide bonds. The summed E-state index contributed by atoms with van der Waals surface area (Å²) in [6, 6.07) is 1.19. The Balaban J connectivity index is 2.75. The third-order valence-corrected chi connectivity index (χ3v) is 2.14. The number of nitrogens with zero attached hydrogens (tertiary/aromatic N) is 2.